The minimum absolute atomic E-state index is 0.0656. The van der Waals surface area contributed by atoms with Gasteiger partial charge in [-0.15, -0.1) is 0 Å². The number of hydrogen-bond donors (Lipinski definition) is 0. The lowest BCUT2D eigenvalue weighted by atomic mass is 10.1. The van der Waals surface area contributed by atoms with Crippen LogP contribution in [-0.4, -0.2) is 55.6 Å². The summed E-state index contributed by atoms with van der Waals surface area (Å²) >= 11 is 0. The Balaban J connectivity index is 1.93. The van der Waals surface area contributed by atoms with Gasteiger partial charge in [-0.1, -0.05) is 12.1 Å². The topological polar surface area (TPSA) is 32.8 Å². The number of carbonyl (C=O) groups excluding carboxylic acids is 1. The van der Waals surface area contributed by atoms with Crippen LogP contribution in [-0.2, 0) is 9.53 Å². The first-order valence-electron chi connectivity index (χ1n) is 6.89. The van der Waals surface area contributed by atoms with Gasteiger partial charge in [0, 0.05) is 20.1 Å². The maximum atomic E-state index is 12.9. The quantitative estimate of drug-likeness (QED) is 0.841. The Kier molecular flexibility index (Phi) is 5.09. The molecule has 0 aliphatic carbocycles. The molecule has 1 fully saturated rings. The van der Waals surface area contributed by atoms with Crippen LogP contribution in [0.1, 0.15) is 18.5 Å². The van der Waals surface area contributed by atoms with Crippen LogP contribution in [0, 0.1) is 5.82 Å². The van der Waals surface area contributed by atoms with Crippen molar-refractivity contribution in [2.75, 3.05) is 39.9 Å². The Morgan fingerprint density at radius 2 is 1.95 bits per heavy atom. The summed E-state index contributed by atoms with van der Waals surface area (Å²) in [5.74, 6) is -0.188. The minimum atomic E-state index is -0.261. The fraction of sp³-hybridized carbons (Fsp3) is 0.533. The molecule has 1 atom stereocenters. The van der Waals surface area contributed by atoms with Gasteiger partial charge in [0.15, 0.2) is 0 Å². The van der Waals surface area contributed by atoms with Crippen molar-refractivity contribution < 1.29 is 13.9 Å². The van der Waals surface area contributed by atoms with Crippen molar-refractivity contribution in [1.29, 1.82) is 0 Å². The molecule has 1 saturated heterocycles. The second-order valence-corrected chi connectivity index (χ2v) is 5.12. The fourth-order valence-corrected chi connectivity index (χ4v) is 2.24. The summed E-state index contributed by atoms with van der Waals surface area (Å²) in [5.41, 5.74) is 0.934. The third-order valence-corrected chi connectivity index (χ3v) is 3.79. The third kappa shape index (κ3) is 3.77. The first-order chi connectivity index (χ1) is 9.58. The molecule has 1 aromatic rings. The van der Waals surface area contributed by atoms with Gasteiger partial charge in [0.1, 0.15) is 5.82 Å². The average molecular weight is 280 g/mol. The molecule has 0 saturated carbocycles. The lowest BCUT2D eigenvalue weighted by Crippen LogP contribution is -2.44. The van der Waals surface area contributed by atoms with Crippen LogP contribution in [0.5, 0.6) is 0 Å². The number of likely N-dealkylation sites (N-methyl/N-ethyl adjacent to an activating group) is 1. The van der Waals surface area contributed by atoms with Crippen molar-refractivity contribution in [3.05, 3.63) is 35.6 Å². The Morgan fingerprint density at radius 3 is 2.55 bits per heavy atom. The predicted molar refractivity (Wildman–Crippen MR) is 74.8 cm³/mol. The number of carbonyl (C=O) groups is 1. The lowest BCUT2D eigenvalue weighted by Gasteiger charge is -2.30. The molecule has 1 aromatic carbocycles. The number of hydrogen-bond acceptors (Lipinski definition) is 3. The maximum absolute atomic E-state index is 12.9. The van der Waals surface area contributed by atoms with E-state index in [1.165, 1.54) is 12.1 Å². The molecule has 1 aliphatic heterocycles. The van der Waals surface area contributed by atoms with Gasteiger partial charge in [0.25, 0.3) is 0 Å². The summed E-state index contributed by atoms with van der Waals surface area (Å²) in [6.45, 7) is 5.32. The molecule has 1 unspecified atom stereocenters. The zero-order chi connectivity index (χ0) is 14.5. The largest absolute Gasteiger partial charge is 0.379 e. The van der Waals surface area contributed by atoms with Gasteiger partial charge < -0.3 is 9.64 Å². The van der Waals surface area contributed by atoms with Crippen molar-refractivity contribution in [2.24, 2.45) is 0 Å². The standard InChI is InChI=1S/C15H21FN2O2/c1-12(13-3-5-14(16)6-4-13)17(2)15(19)11-18-7-9-20-10-8-18/h3-6,12H,7-11H2,1-2H3. The lowest BCUT2D eigenvalue weighted by molar-refractivity contribution is -0.134. The molecule has 0 aromatic heterocycles. The van der Waals surface area contributed by atoms with Crippen LogP contribution in [0.4, 0.5) is 4.39 Å². The maximum Gasteiger partial charge on any atom is 0.236 e. The first kappa shape index (κ1) is 14.9. The fourth-order valence-electron chi connectivity index (χ4n) is 2.24. The number of morpholine rings is 1. The summed E-state index contributed by atoms with van der Waals surface area (Å²) in [7, 11) is 1.79. The average Bonchev–Trinajstić information content (AvgIpc) is 2.47. The zero-order valence-electron chi connectivity index (χ0n) is 12.0. The molecule has 5 heteroatoms. The summed E-state index contributed by atoms with van der Waals surface area (Å²) in [6.07, 6.45) is 0. The van der Waals surface area contributed by atoms with Crippen molar-refractivity contribution in [1.82, 2.24) is 9.80 Å². The Hall–Kier alpha value is -1.46. The molecule has 110 valence electrons. The minimum Gasteiger partial charge on any atom is -0.379 e. The van der Waals surface area contributed by atoms with Gasteiger partial charge in [-0.05, 0) is 24.6 Å². The van der Waals surface area contributed by atoms with Gasteiger partial charge in [0.2, 0.25) is 5.91 Å². The van der Waals surface area contributed by atoms with Crippen LogP contribution in [0.25, 0.3) is 0 Å². The molecular weight excluding hydrogens is 259 g/mol. The molecule has 0 spiro atoms. The number of rotatable bonds is 4. The van der Waals surface area contributed by atoms with Crippen LogP contribution >= 0.6 is 0 Å². The first-order valence-corrected chi connectivity index (χ1v) is 6.89. The highest BCUT2D eigenvalue weighted by Crippen LogP contribution is 2.19. The second-order valence-electron chi connectivity index (χ2n) is 5.12. The third-order valence-electron chi connectivity index (χ3n) is 3.79. The zero-order valence-corrected chi connectivity index (χ0v) is 12.0. The van der Waals surface area contributed by atoms with E-state index in [0.29, 0.717) is 19.8 Å². The molecule has 2 rings (SSSR count). The van der Waals surface area contributed by atoms with Gasteiger partial charge in [0.05, 0.1) is 25.8 Å². The van der Waals surface area contributed by atoms with E-state index in [-0.39, 0.29) is 17.8 Å². The Labute approximate surface area is 119 Å². The van der Waals surface area contributed by atoms with Crippen LogP contribution in [0.3, 0.4) is 0 Å². The second kappa shape index (κ2) is 6.81. The highest BCUT2D eigenvalue weighted by Gasteiger charge is 2.21. The van der Waals surface area contributed by atoms with E-state index in [9.17, 15) is 9.18 Å². The molecule has 1 aliphatic rings. The molecule has 1 heterocycles. The summed E-state index contributed by atoms with van der Waals surface area (Å²) in [4.78, 5) is 16.1. The summed E-state index contributed by atoms with van der Waals surface area (Å²) < 4.78 is 18.2. The SMILES string of the molecule is CC(c1ccc(F)cc1)N(C)C(=O)CN1CCOCC1. The van der Waals surface area contributed by atoms with Crippen LogP contribution < -0.4 is 0 Å². The van der Waals surface area contributed by atoms with Gasteiger partial charge in [-0.2, -0.15) is 0 Å². The number of benzene rings is 1. The van der Waals surface area contributed by atoms with E-state index < -0.39 is 0 Å². The van der Waals surface area contributed by atoms with Crippen molar-refractivity contribution in [3.63, 3.8) is 0 Å². The predicted octanol–water partition coefficient (Wildman–Crippen LogP) is 1.68. The van der Waals surface area contributed by atoms with E-state index in [2.05, 4.69) is 4.90 Å². The van der Waals surface area contributed by atoms with Gasteiger partial charge in [-0.3, -0.25) is 9.69 Å². The number of nitrogens with zero attached hydrogens (tertiary/aromatic N) is 2. The van der Waals surface area contributed by atoms with Crippen LogP contribution in [0.2, 0.25) is 0 Å². The molecule has 0 N–H and O–H groups in total. The normalized spacial score (nSPS) is 17.8. The van der Waals surface area contributed by atoms with Crippen molar-refractivity contribution in [3.8, 4) is 0 Å². The van der Waals surface area contributed by atoms with Gasteiger partial charge in [-0.25, -0.2) is 4.39 Å². The number of amides is 1. The number of halogens is 1. The van der Waals surface area contributed by atoms with E-state index in [1.807, 2.05) is 6.92 Å². The van der Waals surface area contributed by atoms with E-state index in [1.54, 1.807) is 24.1 Å². The van der Waals surface area contributed by atoms with E-state index >= 15 is 0 Å². The molecule has 1 amide bonds. The summed E-state index contributed by atoms with van der Waals surface area (Å²) in [6, 6.07) is 6.22. The molecule has 0 bridgehead atoms. The Bertz CT molecular complexity index is 444. The summed E-state index contributed by atoms with van der Waals surface area (Å²) in [5, 5.41) is 0. The molecule has 0 radical (unpaired) electrons. The Morgan fingerprint density at radius 1 is 1.35 bits per heavy atom. The van der Waals surface area contributed by atoms with Crippen molar-refractivity contribution in [2.45, 2.75) is 13.0 Å². The van der Waals surface area contributed by atoms with E-state index in [4.69, 9.17) is 4.74 Å². The van der Waals surface area contributed by atoms with E-state index in [0.717, 1.165) is 18.7 Å². The smallest absolute Gasteiger partial charge is 0.236 e. The van der Waals surface area contributed by atoms with Gasteiger partial charge >= 0.3 is 0 Å². The molecule has 4 nitrogen and oxygen atoms in total. The van der Waals surface area contributed by atoms with Crippen LogP contribution in [0.15, 0.2) is 24.3 Å². The molecular formula is C15H21FN2O2. The molecule has 20 heavy (non-hydrogen) atoms. The van der Waals surface area contributed by atoms with Crippen molar-refractivity contribution >= 4 is 5.91 Å². The highest BCUT2D eigenvalue weighted by atomic mass is 19.1. The highest BCUT2D eigenvalue weighted by molar-refractivity contribution is 5.78. The monoisotopic (exact) mass is 280 g/mol. The number of ether oxygens (including phenoxy) is 1.